The first-order chi connectivity index (χ1) is 16.1. The summed E-state index contributed by atoms with van der Waals surface area (Å²) < 4.78 is 0. The number of benzene rings is 1. The van der Waals surface area contributed by atoms with Crippen LogP contribution in [0.1, 0.15) is 5.69 Å². The third-order valence-electron chi connectivity index (χ3n) is 6.11. The molecule has 1 fully saturated rings. The molecule has 0 spiro atoms. The summed E-state index contributed by atoms with van der Waals surface area (Å²) in [5, 5.41) is 0. The van der Waals surface area contributed by atoms with Gasteiger partial charge in [0.1, 0.15) is 11.5 Å². The van der Waals surface area contributed by atoms with Crippen LogP contribution in [0.15, 0.2) is 54.7 Å². The molecule has 0 N–H and O–H groups in total. The molecule has 5 rings (SSSR count). The summed E-state index contributed by atoms with van der Waals surface area (Å²) >= 11 is 0. The molecular formula is C24H25N7O2. The first-order valence-corrected chi connectivity index (χ1v) is 10.9. The van der Waals surface area contributed by atoms with E-state index in [0.717, 1.165) is 23.4 Å². The molecule has 1 atom stereocenters. The maximum Gasteiger partial charge on any atom is 0.326 e. The highest BCUT2D eigenvalue weighted by atomic mass is 16.2. The van der Waals surface area contributed by atoms with Gasteiger partial charge in [-0.2, -0.15) is 0 Å². The smallest absolute Gasteiger partial charge is 0.326 e. The summed E-state index contributed by atoms with van der Waals surface area (Å²) in [7, 11) is 1.77. The van der Waals surface area contributed by atoms with Crippen LogP contribution in [0.5, 0.6) is 0 Å². The SMILES string of the molecule is Cc1cccc(N2CCN(C(=O)N3c4cnc(-c5ccccc5)nc4N(C)C3C=O)CC2)n1. The number of aldehydes is 1. The van der Waals surface area contributed by atoms with Gasteiger partial charge in [0.15, 0.2) is 24.1 Å². The van der Waals surface area contributed by atoms with E-state index in [1.54, 1.807) is 23.0 Å². The zero-order valence-electron chi connectivity index (χ0n) is 18.6. The number of urea groups is 1. The van der Waals surface area contributed by atoms with Gasteiger partial charge in [-0.3, -0.25) is 9.69 Å². The highest BCUT2D eigenvalue weighted by molar-refractivity contribution is 6.03. The van der Waals surface area contributed by atoms with Crippen molar-refractivity contribution in [3.8, 4) is 11.4 Å². The van der Waals surface area contributed by atoms with E-state index in [-0.39, 0.29) is 6.03 Å². The molecule has 1 unspecified atom stereocenters. The Kier molecular flexibility index (Phi) is 5.37. The number of hydrogen-bond acceptors (Lipinski definition) is 7. The Morgan fingerprint density at radius 3 is 2.45 bits per heavy atom. The number of fused-ring (bicyclic) bond motifs is 1. The number of hydrogen-bond donors (Lipinski definition) is 0. The molecule has 0 radical (unpaired) electrons. The van der Waals surface area contributed by atoms with Crippen LogP contribution >= 0.6 is 0 Å². The zero-order valence-corrected chi connectivity index (χ0v) is 18.6. The van der Waals surface area contributed by atoms with E-state index in [0.29, 0.717) is 43.5 Å². The highest BCUT2D eigenvalue weighted by Gasteiger charge is 2.41. The Labute approximate surface area is 192 Å². The van der Waals surface area contributed by atoms with Crippen LogP contribution in [0, 0.1) is 6.92 Å². The predicted octanol–water partition coefficient (Wildman–Crippen LogP) is 2.57. The summed E-state index contributed by atoms with van der Waals surface area (Å²) in [5.74, 6) is 2.04. The van der Waals surface area contributed by atoms with Crippen LogP contribution in [-0.2, 0) is 4.79 Å². The van der Waals surface area contributed by atoms with E-state index in [1.807, 2.05) is 55.5 Å². The molecule has 9 heteroatoms. The van der Waals surface area contributed by atoms with Crippen molar-refractivity contribution in [3.05, 3.63) is 60.4 Å². The van der Waals surface area contributed by atoms with Crippen molar-refractivity contribution in [3.63, 3.8) is 0 Å². The Morgan fingerprint density at radius 2 is 1.76 bits per heavy atom. The van der Waals surface area contributed by atoms with Gasteiger partial charge in [-0.25, -0.2) is 19.7 Å². The standard InChI is InChI=1S/C24H25N7O2/c1-17-7-6-10-20(26-17)29-11-13-30(14-12-29)24(33)31-19-15-25-22(18-8-4-3-5-9-18)27-23(19)28(2)21(31)16-32/h3-10,15-16,21H,11-14H2,1-2H3. The fraction of sp³-hybridized carbons (Fsp3) is 0.292. The number of pyridine rings is 1. The van der Waals surface area contributed by atoms with Crippen molar-refractivity contribution in [2.75, 3.05) is 47.9 Å². The lowest BCUT2D eigenvalue weighted by Crippen LogP contribution is -2.56. The minimum atomic E-state index is -0.760. The molecule has 0 aliphatic carbocycles. The van der Waals surface area contributed by atoms with Gasteiger partial charge in [-0.05, 0) is 19.1 Å². The van der Waals surface area contributed by atoms with Crippen LogP contribution in [-0.4, -0.2) is 71.6 Å². The topological polar surface area (TPSA) is 85.8 Å². The molecule has 0 saturated carbocycles. The predicted molar refractivity (Wildman–Crippen MR) is 126 cm³/mol. The summed E-state index contributed by atoms with van der Waals surface area (Å²) in [6, 6.07) is 15.4. The Hall–Kier alpha value is -4.01. The minimum absolute atomic E-state index is 0.217. The number of aromatic nitrogens is 3. The van der Waals surface area contributed by atoms with E-state index in [4.69, 9.17) is 0 Å². The molecule has 0 bridgehead atoms. The van der Waals surface area contributed by atoms with Crippen molar-refractivity contribution in [1.82, 2.24) is 19.9 Å². The third kappa shape index (κ3) is 3.75. The monoisotopic (exact) mass is 443 g/mol. The second-order valence-electron chi connectivity index (χ2n) is 8.19. The van der Waals surface area contributed by atoms with E-state index in [9.17, 15) is 9.59 Å². The van der Waals surface area contributed by atoms with Gasteiger partial charge in [-0.15, -0.1) is 0 Å². The van der Waals surface area contributed by atoms with Gasteiger partial charge in [0.2, 0.25) is 0 Å². The van der Waals surface area contributed by atoms with Gasteiger partial charge in [0.05, 0.1) is 6.20 Å². The molecule has 2 aliphatic heterocycles. The Bertz CT molecular complexity index is 1180. The first-order valence-electron chi connectivity index (χ1n) is 10.9. The quantitative estimate of drug-likeness (QED) is 0.575. The number of carbonyl (C=O) groups is 2. The molecule has 2 aliphatic rings. The molecule has 4 heterocycles. The van der Waals surface area contributed by atoms with Gasteiger partial charge in [0, 0.05) is 44.5 Å². The van der Waals surface area contributed by atoms with Gasteiger partial charge in [-0.1, -0.05) is 36.4 Å². The number of nitrogens with zero attached hydrogens (tertiary/aromatic N) is 7. The van der Waals surface area contributed by atoms with Gasteiger partial charge >= 0.3 is 6.03 Å². The maximum absolute atomic E-state index is 13.5. The molecule has 2 amide bonds. The maximum atomic E-state index is 13.5. The van der Waals surface area contributed by atoms with E-state index < -0.39 is 6.17 Å². The molecule has 168 valence electrons. The van der Waals surface area contributed by atoms with Crippen molar-refractivity contribution in [1.29, 1.82) is 0 Å². The Balaban J connectivity index is 1.37. The largest absolute Gasteiger partial charge is 0.353 e. The van der Waals surface area contributed by atoms with E-state index in [1.165, 1.54) is 4.90 Å². The summed E-state index contributed by atoms with van der Waals surface area (Å²) in [6.07, 6.45) is 1.65. The zero-order chi connectivity index (χ0) is 22.9. The number of likely N-dealkylation sites (N-methyl/N-ethyl adjacent to an activating group) is 1. The van der Waals surface area contributed by atoms with Crippen LogP contribution in [0.2, 0.25) is 0 Å². The second kappa shape index (κ2) is 8.50. The molecule has 2 aromatic heterocycles. The second-order valence-corrected chi connectivity index (χ2v) is 8.19. The lowest BCUT2D eigenvalue weighted by atomic mass is 10.2. The average molecular weight is 444 g/mol. The number of amides is 2. The van der Waals surface area contributed by atoms with Crippen LogP contribution in [0.4, 0.5) is 22.1 Å². The van der Waals surface area contributed by atoms with Crippen molar-refractivity contribution >= 4 is 29.6 Å². The van der Waals surface area contributed by atoms with Gasteiger partial charge < -0.3 is 14.7 Å². The molecule has 33 heavy (non-hydrogen) atoms. The fourth-order valence-corrected chi connectivity index (χ4v) is 4.32. The van der Waals surface area contributed by atoms with E-state index in [2.05, 4.69) is 19.9 Å². The van der Waals surface area contributed by atoms with Crippen molar-refractivity contribution in [2.24, 2.45) is 0 Å². The number of anilines is 3. The first kappa shape index (κ1) is 20.9. The summed E-state index contributed by atoms with van der Waals surface area (Å²) in [5.41, 5.74) is 2.38. The average Bonchev–Trinajstić information content (AvgIpc) is 3.15. The normalized spacial score (nSPS) is 17.8. The molecule has 3 aromatic rings. The summed E-state index contributed by atoms with van der Waals surface area (Å²) in [6.45, 7) is 4.40. The van der Waals surface area contributed by atoms with Crippen molar-refractivity contribution in [2.45, 2.75) is 13.1 Å². The lowest BCUT2D eigenvalue weighted by molar-refractivity contribution is -0.108. The highest BCUT2D eigenvalue weighted by Crippen LogP contribution is 2.38. The number of piperazine rings is 1. The number of rotatable bonds is 3. The lowest BCUT2D eigenvalue weighted by Gasteiger charge is -2.38. The van der Waals surface area contributed by atoms with Crippen LogP contribution in [0.25, 0.3) is 11.4 Å². The Morgan fingerprint density at radius 1 is 1.00 bits per heavy atom. The van der Waals surface area contributed by atoms with Crippen LogP contribution in [0.3, 0.4) is 0 Å². The molecule has 9 nitrogen and oxygen atoms in total. The number of aryl methyl sites for hydroxylation is 1. The molecule has 1 aromatic carbocycles. The van der Waals surface area contributed by atoms with Crippen molar-refractivity contribution < 1.29 is 9.59 Å². The molecular weight excluding hydrogens is 418 g/mol. The molecule has 1 saturated heterocycles. The minimum Gasteiger partial charge on any atom is -0.353 e. The van der Waals surface area contributed by atoms with Crippen LogP contribution < -0.4 is 14.7 Å². The summed E-state index contributed by atoms with van der Waals surface area (Å²) in [4.78, 5) is 46.4. The number of carbonyl (C=O) groups excluding carboxylic acids is 2. The third-order valence-corrected chi connectivity index (χ3v) is 6.11. The fourth-order valence-electron chi connectivity index (χ4n) is 4.32. The van der Waals surface area contributed by atoms with E-state index >= 15 is 0 Å². The van der Waals surface area contributed by atoms with Gasteiger partial charge in [0.25, 0.3) is 0 Å².